The maximum atomic E-state index is 5.80. The zero-order valence-electron chi connectivity index (χ0n) is 7.65. The fraction of sp³-hybridized carbons (Fsp3) is 0.0833. The summed E-state index contributed by atoms with van der Waals surface area (Å²) in [7, 11) is 0. The van der Waals surface area contributed by atoms with Crippen molar-refractivity contribution >= 4 is 11.6 Å². The van der Waals surface area contributed by atoms with Crippen molar-refractivity contribution in [2.75, 3.05) is 0 Å². The molecule has 0 radical (unpaired) electrons. The van der Waals surface area contributed by atoms with Gasteiger partial charge in [0.25, 0.3) is 0 Å². The lowest BCUT2D eigenvalue weighted by molar-refractivity contribution is 1.07. The Balaban J connectivity index is 2.16. The van der Waals surface area contributed by atoms with Gasteiger partial charge < -0.3 is 0 Å². The van der Waals surface area contributed by atoms with Gasteiger partial charge in [-0.2, -0.15) is 0 Å². The summed E-state index contributed by atoms with van der Waals surface area (Å²) in [6.07, 6.45) is 2.67. The molecule has 0 bridgehead atoms. The molecule has 0 N–H and O–H groups in total. The van der Waals surface area contributed by atoms with Crippen LogP contribution in [0.1, 0.15) is 11.3 Å². The molecule has 1 nitrogen and oxygen atoms in total. The van der Waals surface area contributed by atoms with Crippen molar-refractivity contribution in [1.29, 1.82) is 0 Å². The number of aromatic nitrogens is 1. The molecule has 0 saturated heterocycles. The molecule has 0 unspecified atom stereocenters. The van der Waals surface area contributed by atoms with Gasteiger partial charge >= 0.3 is 0 Å². The molecule has 0 atom stereocenters. The van der Waals surface area contributed by atoms with Gasteiger partial charge in [0, 0.05) is 23.3 Å². The third-order valence-corrected chi connectivity index (χ3v) is 2.28. The highest BCUT2D eigenvalue weighted by Gasteiger charge is 1.96. The quantitative estimate of drug-likeness (QED) is 0.730. The SMILES string of the molecule is Clc1ccc(Cc2ccccn2)cc1. The van der Waals surface area contributed by atoms with Crippen LogP contribution >= 0.6 is 11.6 Å². The molecule has 2 heteroatoms. The van der Waals surface area contributed by atoms with E-state index in [1.807, 2.05) is 48.7 Å². The second kappa shape index (κ2) is 4.25. The maximum absolute atomic E-state index is 5.80. The standard InChI is InChI=1S/C12H10ClN/c13-11-6-4-10(5-7-11)9-12-3-1-2-8-14-12/h1-8H,9H2. The van der Waals surface area contributed by atoms with E-state index in [9.17, 15) is 0 Å². The molecule has 2 rings (SSSR count). The Morgan fingerprint density at radius 1 is 1.00 bits per heavy atom. The fourth-order valence-electron chi connectivity index (χ4n) is 1.31. The molecule has 1 heterocycles. The van der Waals surface area contributed by atoms with E-state index in [0.29, 0.717) is 0 Å². The molecule has 1 aromatic carbocycles. The van der Waals surface area contributed by atoms with Crippen LogP contribution in [0.3, 0.4) is 0 Å². The molecule has 0 aliphatic heterocycles. The van der Waals surface area contributed by atoms with E-state index in [2.05, 4.69) is 4.98 Å². The minimum absolute atomic E-state index is 0.773. The van der Waals surface area contributed by atoms with Crippen molar-refractivity contribution in [3.05, 3.63) is 64.9 Å². The molecule has 0 aliphatic carbocycles. The molecular formula is C12H10ClN. The second-order valence-corrected chi connectivity index (χ2v) is 3.56. The van der Waals surface area contributed by atoms with Crippen LogP contribution in [-0.4, -0.2) is 4.98 Å². The van der Waals surface area contributed by atoms with Gasteiger partial charge in [0.1, 0.15) is 0 Å². The second-order valence-electron chi connectivity index (χ2n) is 3.12. The first-order valence-corrected chi connectivity index (χ1v) is 4.87. The predicted molar refractivity (Wildman–Crippen MR) is 58.5 cm³/mol. The summed E-state index contributed by atoms with van der Waals surface area (Å²) in [4.78, 5) is 4.26. The number of rotatable bonds is 2. The third-order valence-electron chi connectivity index (χ3n) is 2.02. The molecule has 2 aromatic rings. The van der Waals surface area contributed by atoms with Gasteiger partial charge in [0.2, 0.25) is 0 Å². The first kappa shape index (κ1) is 9.22. The summed E-state index contributed by atoms with van der Waals surface area (Å²) in [5, 5.41) is 0.773. The van der Waals surface area contributed by atoms with Crippen LogP contribution < -0.4 is 0 Å². The van der Waals surface area contributed by atoms with Crippen LogP contribution in [0, 0.1) is 0 Å². The van der Waals surface area contributed by atoms with Crippen LogP contribution in [0.4, 0.5) is 0 Å². The number of hydrogen-bond donors (Lipinski definition) is 0. The van der Waals surface area contributed by atoms with E-state index in [4.69, 9.17) is 11.6 Å². The molecule has 1 aromatic heterocycles. The molecule has 70 valence electrons. The third kappa shape index (κ3) is 2.33. The van der Waals surface area contributed by atoms with Gasteiger partial charge in [-0.15, -0.1) is 0 Å². The van der Waals surface area contributed by atoms with Gasteiger partial charge in [-0.1, -0.05) is 29.8 Å². The number of halogens is 1. The van der Waals surface area contributed by atoms with Crippen LogP contribution in [0.25, 0.3) is 0 Å². The molecule has 0 amide bonds. The van der Waals surface area contributed by atoms with E-state index in [1.54, 1.807) is 0 Å². The Kier molecular flexibility index (Phi) is 2.80. The monoisotopic (exact) mass is 203 g/mol. The van der Waals surface area contributed by atoms with Gasteiger partial charge in [-0.05, 0) is 29.8 Å². The van der Waals surface area contributed by atoms with Crippen LogP contribution in [-0.2, 0) is 6.42 Å². The van der Waals surface area contributed by atoms with Crippen molar-refractivity contribution in [2.24, 2.45) is 0 Å². The van der Waals surface area contributed by atoms with Gasteiger partial charge in [-0.3, -0.25) is 4.98 Å². The highest BCUT2D eigenvalue weighted by atomic mass is 35.5. The van der Waals surface area contributed by atoms with Crippen molar-refractivity contribution in [1.82, 2.24) is 4.98 Å². The average Bonchev–Trinajstić information content (AvgIpc) is 2.23. The summed E-state index contributed by atoms with van der Waals surface area (Å²) in [5.74, 6) is 0. The molecule has 0 saturated carbocycles. The van der Waals surface area contributed by atoms with E-state index in [-0.39, 0.29) is 0 Å². The van der Waals surface area contributed by atoms with Crippen molar-refractivity contribution in [3.63, 3.8) is 0 Å². The maximum Gasteiger partial charge on any atom is 0.0447 e. The minimum atomic E-state index is 0.773. The number of benzene rings is 1. The van der Waals surface area contributed by atoms with Gasteiger partial charge in [0.15, 0.2) is 0 Å². The Morgan fingerprint density at radius 3 is 2.43 bits per heavy atom. The zero-order chi connectivity index (χ0) is 9.80. The lowest BCUT2D eigenvalue weighted by Crippen LogP contribution is -1.90. The average molecular weight is 204 g/mol. The summed E-state index contributed by atoms with van der Waals surface area (Å²) in [6.45, 7) is 0. The van der Waals surface area contributed by atoms with Crippen LogP contribution in [0.5, 0.6) is 0 Å². The predicted octanol–water partition coefficient (Wildman–Crippen LogP) is 3.33. The van der Waals surface area contributed by atoms with Crippen molar-refractivity contribution in [3.8, 4) is 0 Å². The van der Waals surface area contributed by atoms with E-state index < -0.39 is 0 Å². The van der Waals surface area contributed by atoms with Gasteiger partial charge in [0.05, 0.1) is 0 Å². The van der Waals surface area contributed by atoms with E-state index in [0.717, 1.165) is 17.1 Å². The van der Waals surface area contributed by atoms with Crippen LogP contribution in [0.15, 0.2) is 48.7 Å². The molecule has 14 heavy (non-hydrogen) atoms. The molecule has 0 spiro atoms. The van der Waals surface area contributed by atoms with Crippen molar-refractivity contribution in [2.45, 2.75) is 6.42 Å². The summed E-state index contributed by atoms with van der Waals surface area (Å²) in [6, 6.07) is 13.8. The first-order chi connectivity index (χ1) is 6.84. The zero-order valence-corrected chi connectivity index (χ0v) is 8.41. The lowest BCUT2D eigenvalue weighted by atomic mass is 10.1. The molecule has 0 fully saturated rings. The van der Waals surface area contributed by atoms with E-state index in [1.165, 1.54) is 5.56 Å². The Morgan fingerprint density at radius 2 is 1.79 bits per heavy atom. The molecular weight excluding hydrogens is 194 g/mol. The topological polar surface area (TPSA) is 12.9 Å². The lowest BCUT2D eigenvalue weighted by Gasteiger charge is -2.00. The highest BCUT2D eigenvalue weighted by molar-refractivity contribution is 6.30. The summed E-state index contributed by atoms with van der Waals surface area (Å²) in [5.41, 5.74) is 2.31. The normalized spacial score (nSPS) is 10.1. The highest BCUT2D eigenvalue weighted by Crippen LogP contribution is 2.12. The largest absolute Gasteiger partial charge is 0.261 e. The first-order valence-electron chi connectivity index (χ1n) is 4.49. The fourth-order valence-corrected chi connectivity index (χ4v) is 1.44. The number of nitrogens with zero attached hydrogens (tertiary/aromatic N) is 1. The number of pyridine rings is 1. The van der Waals surface area contributed by atoms with E-state index >= 15 is 0 Å². The van der Waals surface area contributed by atoms with Crippen LogP contribution in [0.2, 0.25) is 5.02 Å². The Labute approximate surface area is 88.4 Å². The minimum Gasteiger partial charge on any atom is -0.261 e. The van der Waals surface area contributed by atoms with Gasteiger partial charge in [-0.25, -0.2) is 0 Å². The summed E-state index contributed by atoms with van der Waals surface area (Å²) >= 11 is 5.80. The van der Waals surface area contributed by atoms with Crippen molar-refractivity contribution < 1.29 is 0 Å². The Bertz CT molecular complexity index is 394. The Hall–Kier alpha value is -1.34. The molecule has 0 aliphatic rings. The number of hydrogen-bond acceptors (Lipinski definition) is 1. The summed E-state index contributed by atoms with van der Waals surface area (Å²) < 4.78 is 0. The smallest absolute Gasteiger partial charge is 0.0447 e.